The third-order valence-corrected chi connectivity index (χ3v) is 2.98. The number of aryl methyl sites for hydroxylation is 1. The molecule has 2 nitrogen and oxygen atoms in total. The standard InChI is InChI=1S/C9H7ClO2S/c1-6-5-13-7(9(6)10)3-4-8(11)12-2/h5H,1-2H3. The second kappa shape index (κ2) is 4.31. The first-order chi connectivity index (χ1) is 6.15. The summed E-state index contributed by atoms with van der Waals surface area (Å²) in [6.07, 6.45) is 0. The monoisotopic (exact) mass is 214 g/mol. The summed E-state index contributed by atoms with van der Waals surface area (Å²) >= 11 is 7.31. The molecule has 0 aliphatic carbocycles. The van der Waals surface area contributed by atoms with Gasteiger partial charge in [-0.05, 0) is 23.8 Å². The highest BCUT2D eigenvalue weighted by Gasteiger charge is 2.02. The molecular weight excluding hydrogens is 208 g/mol. The summed E-state index contributed by atoms with van der Waals surface area (Å²) < 4.78 is 4.37. The van der Waals surface area contributed by atoms with Crippen LogP contribution in [0.2, 0.25) is 5.02 Å². The van der Waals surface area contributed by atoms with Gasteiger partial charge in [-0.15, -0.1) is 11.3 Å². The number of rotatable bonds is 0. The van der Waals surface area contributed by atoms with Gasteiger partial charge in [0.25, 0.3) is 0 Å². The Morgan fingerprint density at radius 1 is 1.69 bits per heavy atom. The van der Waals surface area contributed by atoms with Crippen LogP contribution in [0.3, 0.4) is 0 Å². The van der Waals surface area contributed by atoms with E-state index < -0.39 is 5.97 Å². The molecule has 0 unspecified atom stereocenters. The number of carbonyl (C=O) groups excluding carboxylic acids is 1. The maximum atomic E-state index is 10.7. The highest BCUT2D eigenvalue weighted by molar-refractivity contribution is 7.11. The molecule has 1 rings (SSSR count). The molecule has 0 radical (unpaired) electrons. The minimum absolute atomic E-state index is 0.554. The molecule has 13 heavy (non-hydrogen) atoms. The van der Waals surface area contributed by atoms with Crippen LogP contribution in [0.5, 0.6) is 0 Å². The fraction of sp³-hybridized carbons (Fsp3) is 0.222. The van der Waals surface area contributed by atoms with E-state index in [1.165, 1.54) is 18.4 Å². The molecule has 0 aromatic carbocycles. The largest absolute Gasteiger partial charge is 0.459 e. The van der Waals surface area contributed by atoms with Crippen LogP contribution in [-0.2, 0) is 9.53 Å². The second-order valence-electron chi connectivity index (χ2n) is 2.30. The maximum Gasteiger partial charge on any atom is 0.384 e. The zero-order chi connectivity index (χ0) is 9.84. The Hall–Kier alpha value is -0.980. The molecule has 0 N–H and O–H groups in total. The average molecular weight is 215 g/mol. The van der Waals surface area contributed by atoms with E-state index in [1.54, 1.807) is 0 Å². The highest BCUT2D eigenvalue weighted by atomic mass is 35.5. The molecule has 0 aliphatic heterocycles. The number of ether oxygens (including phenoxy) is 1. The zero-order valence-corrected chi connectivity index (χ0v) is 8.75. The van der Waals surface area contributed by atoms with Crippen LogP contribution >= 0.6 is 22.9 Å². The number of halogens is 1. The van der Waals surface area contributed by atoms with Crippen LogP contribution in [0.25, 0.3) is 0 Å². The number of carbonyl (C=O) groups is 1. The van der Waals surface area contributed by atoms with Gasteiger partial charge in [0.05, 0.1) is 17.0 Å². The number of hydrogen-bond acceptors (Lipinski definition) is 3. The zero-order valence-electron chi connectivity index (χ0n) is 7.18. The van der Waals surface area contributed by atoms with Crippen molar-refractivity contribution < 1.29 is 9.53 Å². The van der Waals surface area contributed by atoms with E-state index in [-0.39, 0.29) is 0 Å². The Bertz CT molecular complexity index is 384. The third-order valence-electron chi connectivity index (χ3n) is 1.36. The van der Waals surface area contributed by atoms with Crippen molar-refractivity contribution in [2.45, 2.75) is 6.92 Å². The van der Waals surface area contributed by atoms with E-state index >= 15 is 0 Å². The van der Waals surface area contributed by atoms with Crippen molar-refractivity contribution in [1.29, 1.82) is 0 Å². The number of esters is 1. The van der Waals surface area contributed by atoms with E-state index in [4.69, 9.17) is 11.6 Å². The molecule has 68 valence electrons. The van der Waals surface area contributed by atoms with Gasteiger partial charge in [-0.25, -0.2) is 4.79 Å². The molecule has 0 fully saturated rings. The molecule has 0 saturated carbocycles. The first kappa shape index (κ1) is 10.1. The Morgan fingerprint density at radius 3 is 2.85 bits per heavy atom. The van der Waals surface area contributed by atoms with Crippen LogP contribution in [0.4, 0.5) is 0 Å². The molecular formula is C9H7ClO2S. The first-order valence-electron chi connectivity index (χ1n) is 3.48. The summed E-state index contributed by atoms with van der Waals surface area (Å²) in [4.78, 5) is 11.4. The van der Waals surface area contributed by atoms with Crippen molar-refractivity contribution in [2.24, 2.45) is 0 Å². The Morgan fingerprint density at radius 2 is 2.38 bits per heavy atom. The Kier molecular flexibility index (Phi) is 3.35. The summed E-state index contributed by atoms with van der Waals surface area (Å²) in [7, 11) is 1.29. The predicted molar refractivity (Wildman–Crippen MR) is 53.0 cm³/mol. The van der Waals surface area contributed by atoms with Crippen LogP contribution < -0.4 is 0 Å². The van der Waals surface area contributed by atoms with Gasteiger partial charge in [0, 0.05) is 5.92 Å². The molecule has 4 heteroatoms. The molecule has 1 aromatic heterocycles. The van der Waals surface area contributed by atoms with Gasteiger partial charge in [0.1, 0.15) is 0 Å². The molecule has 0 spiro atoms. The molecule has 0 atom stereocenters. The topological polar surface area (TPSA) is 26.3 Å². The number of hydrogen-bond donors (Lipinski definition) is 0. The molecule has 0 saturated heterocycles. The fourth-order valence-corrected chi connectivity index (χ4v) is 1.76. The van der Waals surface area contributed by atoms with Crippen molar-refractivity contribution in [2.75, 3.05) is 7.11 Å². The van der Waals surface area contributed by atoms with E-state index in [9.17, 15) is 4.79 Å². The van der Waals surface area contributed by atoms with Crippen molar-refractivity contribution in [3.8, 4) is 11.8 Å². The highest BCUT2D eigenvalue weighted by Crippen LogP contribution is 2.25. The summed E-state index contributed by atoms with van der Waals surface area (Å²) in [6, 6.07) is 0. The summed E-state index contributed by atoms with van der Waals surface area (Å²) in [6.45, 7) is 1.89. The SMILES string of the molecule is COC(=O)C#Cc1scc(C)c1Cl. The van der Waals surface area contributed by atoms with Gasteiger partial charge in [0.15, 0.2) is 0 Å². The molecule has 1 heterocycles. The van der Waals surface area contributed by atoms with Gasteiger partial charge in [0.2, 0.25) is 0 Å². The minimum atomic E-state index is -0.554. The van der Waals surface area contributed by atoms with E-state index in [0.29, 0.717) is 9.90 Å². The van der Waals surface area contributed by atoms with Crippen LogP contribution in [0.1, 0.15) is 10.4 Å². The number of methoxy groups -OCH3 is 1. The minimum Gasteiger partial charge on any atom is -0.459 e. The van der Waals surface area contributed by atoms with Crippen molar-refractivity contribution in [1.82, 2.24) is 0 Å². The summed E-state index contributed by atoms with van der Waals surface area (Å²) in [5.74, 6) is 4.41. The number of thiophene rings is 1. The molecule has 0 amide bonds. The van der Waals surface area contributed by atoms with Crippen molar-refractivity contribution in [3.05, 3.63) is 20.8 Å². The third kappa shape index (κ3) is 2.48. The Labute approximate surface area is 85.5 Å². The normalized spacial score (nSPS) is 8.85. The van der Waals surface area contributed by atoms with Gasteiger partial charge in [-0.2, -0.15) is 0 Å². The second-order valence-corrected chi connectivity index (χ2v) is 3.56. The Balaban J connectivity index is 2.89. The maximum absolute atomic E-state index is 10.7. The van der Waals surface area contributed by atoms with Crippen LogP contribution in [0.15, 0.2) is 5.38 Å². The quantitative estimate of drug-likeness (QED) is 0.489. The van der Waals surface area contributed by atoms with Gasteiger partial charge >= 0.3 is 5.97 Å². The van der Waals surface area contributed by atoms with Gasteiger partial charge in [-0.1, -0.05) is 11.6 Å². The average Bonchev–Trinajstić information content (AvgIpc) is 2.44. The molecule has 1 aromatic rings. The van der Waals surface area contributed by atoms with Gasteiger partial charge < -0.3 is 4.74 Å². The van der Waals surface area contributed by atoms with E-state index in [0.717, 1.165) is 5.56 Å². The first-order valence-corrected chi connectivity index (χ1v) is 4.74. The van der Waals surface area contributed by atoms with Crippen molar-refractivity contribution >= 4 is 28.9 Å². The summed E-state index contributed by atoms with van der Waals surface area (Å²) in [5.41, 5.74) is 0.973. The predicted octanol–water partition coefficient (Wildman–Crippen LogP) is 2.23. The van der Waals surface area contributed by atoms with E-state index in [1.807, 2.05) is 12.3 Å². The van der Waals surface area contributed by atoms with Crippen molar-refractivity contribution in [3.63, 3.8) is 0 Å². The van der Waals surface area contributed by atoms with Crippen LogP contribution in [0, 0.1) is 18.8 Å². The van der Waals surface area contributed by atoms with E-state index in [2.05, 4.69) is 16.6 Å². The lowest BCUT2D eigenvalue weighted by molar-refractivity contribution is -0.133. The van der Waals surface area contributed by atoms with Crippen LogP contribution in [-0.4, -0.2) is 13.1 Å². The van der Waals surface area contributed by atoms with Gasteiger partial charge in [-0.3, -0.25) is 0 Å². The lowest BCUT2D eigenvalue weighted by Crippen LogP contribution is -1.94. The fourth-order valence-electron chi connectivity index (χ4n) is 0.673. The molecule has 0 aliphatic rings. The smallest absolute Gasteiger partial charge is 0.384 e. The molecule has 0 bridgehead atoms. The lowest BCUT2D eigenvalue weighted by Gasteiger charge is -1.86. The summed E-state index contributed by atoms with van der Waals surface area (Å²) in [5, 5.41) is 2.50. The lowest BCUT2D eigenvalue weighted by atomic mass is 10.3.